The van der Waals surface area contributed by atoms with Crippen LogP contribution in [0.15, 0.2) is 80.1 Å². The zero-order valence-electron chi connectivity index (χ0n) is 17.0. The molecular weight excluding hydrogens is 451 g/mol. The number of nitrogens with one attached hydrogen (secondary N) is 1. The largest absolute Gasteiger partial charge is 0.328 e. The van der Waals surface area contributed by atoms with Gasteiger partial charge < -0.3 is 0 Å². The summed E-state index contributed by atoms with van der Waals surface area (Å²) in [7, 11) is -0.728. The molecule has 1 heterocycles. The molecular formula is C22H17FN4O3S2. The Balaban J connectivity index is 1.83. The van der Waals surface area contributed by atoms with Crippen LogP contribution in [0.3, 0.4) is 0 Å². The van der Waals surface area contributed by atoms with Gasteiger partial charge in [-0.25, -0.2) is 17.6 Å². The van der Waals surface area contributed by atoms with Crippen LogP contribution >= 0.6 is 11.8 Å². The summed E-state index contributed by atoms with van der Waals surface area (Å²) in [4.78, 5) is 13.6. The van der Waals surface area contributed by atoms with Crippen molar-refractivity contribution in [2.75, 3.05) is 4.72 Å². The second kappa shape index (κ2) is 8.18. The number of benzene rings is 3. The first-order valence-electron chi connectivity index (χ1n) is 9.35. The number of nitriles is 1. The lowest BCUT2D eigenvalue weighted by atomic mass is 10.2. The number of hydrogen-bond donors (Lipinski definition) is 1. The van der Waals surface area contributed by atoms with E-state index in [2.05, 4.69) is 4.72 Å². The Morgan fingerprint density at radius 1 is 0.969 bits per heavy atom. The minimum Gasteiger partial charge on any atom is -0.295 e. The number of rotatable bonds is 5. The molecule has 0 aliphatic heterocycles. The normalized spacial score (nSPS) is 11.4. The molecule has 1 N–H and O–H groups in total. The summed E-state index contributed by atoms with van der Waals surface area (Å²) in [5.41, 5.74) is 1.56. The fraction of sp³-hybridized carbons (Fsp3) is 0.0909. The standard InChI is InChI=1S/C22H17FN4O3S2/c1-26-19-11-18(25-32(29,30)17-9-3-14(13-24)4-10-17)21(12-20(19)27(2)22(26)28)31-16-7-5-15(23)6-8-16/h3-12,25H,1-2H3. The Labute approximate surface area is 187 Å². The lowest BCUT2D eigenvalue weighted by Gasteiger charge is -2.14. The van der Waals surface area contributed by atoms with Crippen molar-refractivity contribution < 1.29 is 12.8 Å². The Morgan fingerprint density at radius 2 is 1.56 bits per heavy atom. The summed E-state index contributed by atoms with van der Waals surface area (Å²) in [5.74, 6) is -0.378. The van der Waals surface area contributed by atoms with Crippen LogP contribution in [-0.4, -0.2) is 17.6 Å². The van der Waals surface area contributed by atoms with E-state index in [9.17, 15) is 17.6 Å². The van der Waals surface area contributed by atoms with E-state index in [4.69, 9.17) is 5.26 Å². The monoisotopic (exact) mass is 468 g/mol. The van der Waals surface area contributed by atoms with Crippen LogP contribution < -0.4 is 10.4 Å². The SMILES string of the molecule is Cn1c(=O)n(C)c2cc(Sc3ccc(F)cc3)c(NS(=O)(=O)c3ccc(C#N)cc3)cc21. The molecule has 0 fully saturated rings. The van der Waals surface area contributed by atoms with Crippen molar-refractivity contribution in [3.8, 4) is 6.07 Å². The number of aryl methyl sites for hydroxylation is 2. The summed E-state index contributed by atoms with van der Waals surface area (Å²) in [6.45, 7) is 0. The quantitative estimate of drug-likeness (QED) is 0.480. The molecule has 0 radical (unpaired) electrons. The Hall–Kier alpha value is -3.55. The third-order valence-corrected chi connectivity index (χ3v) is 7.40. The molecule has 0 aliphatic carbocycles. The predicted octanol–water partition coefficient (Wildman–Crippen LogP) is 3.84. The second-order valence-corrected chi connectivity index (χ2v) is 9.83. The zero-order chi connectivity index (χ0) is 23.0. The molecule has 0 amide bonds. The molecule has 10 heteroatoms. The molecule has 0 saturated carbocycles. The average Bonchev–Trinajstić information content (AvgIpc) is 2.99. The number of sulfonamides is 1. The zero-order valence-corrected chi connectivity index (χ0v) is 18.7. The third-order valence-electron chi connectivity index (χ3n) is 4.95. The lowest BCUT2D eigenvalue weighted by molar-refractivity contribution is 0.601. The molecule has 0 unspecified atom stereocenters. The average molecular weight is 469 g/mol. The molecule has 4 aromatic rings. The van der Waals surface area contributed by atoms with Gasteiger partial charge in [0.2, 0.25) is 0 Å². The molecule has 0 spiro atoms. The van der Waals surface area contributed by atoms with E-state index < -0.39 is 10.0 Å². The number of aromatic nitrogens is 2. The molecule has 0 saturated heterocycles. The second-order valence-electron chi connectivity index (χ2n) is 7.04. The summed E-state index contributed by atoms with van der Waals surface area (Å²) in [6, 6.07) is 16.6. The van der Waals surface area contributed by atoms with Gasteiger partial charge in [0.1, 0.15) is 5.82 Å². The van der Waals surface area contributed by atoms with E-state index in [-0.39, 0.29) is 22.1 Å². The van der Waals surface area contributed by atoms with E-state index in [0.29, 0.717) is 26.4 Å². The van der Waals surface area contributed by atoms with Gasteiger partial charge in [-0.2, -0.15) is 5.26 Å². The van der Waals surface area contributed by atoms with Crippen LogP contribution in [0, 0.1) is 17.1 Å². The molecule has 1 aromatic heterocycles. The first kappa shape index (κ1) is 21.7. The van der Waals surface area contributed by atoms with Gasteiger partial charge in [0.15, 0.2) is 0 Å². The van der Waals surface area contributed by atoms with Crippen LogP contribution in [0.1, 0.15) is 5.56 Å². The maximum atomic E-state index is 13.3. The molecule has 162 valence electrons. The first-order valence-corrected chi connectivity index (χ1v) is 11.7. The number of nitrogens with zero attached hydrogens (tertiary/aromatic N) is 3. The van der Waals surface area contributed by atoms with E-state index in [0.717, 1.165) is 0 Å². The Morgan fingerprint density at radius 3 is 2.16 bits per heavy atom. The minimum atomic E-state index is -3.97. The van der Waals surface area contributed by atoms with Crippen molar-refractivity contribution in [1.82, 2.24) is 9.13 Å². The summed E-state index contributed by atoms with van der Waals surface area (Å²) < 4.78 is 44.8. The predicted molar refractivity (Wildman–Crippen MR) is 121 cm³/mol. The van der Waals surface area contributed by atoms with Crippen LogP contribution in [0.2, 0.25) is 0 Å². The van der Waals surface area contributed by atoms with Crippen LogP contribution in [-0.2, 0) is 24.1 Å². The summed E-state index contributed by atoms with van der Waals surface area (Å²) in [6.07, 6.45) is 0. The molecule has 0 atom stereocenters. The van der Waals surface area contributed by atoms with Gasteiger partial charge >= 0.3 is 5.69 Å². The number of hydrogen-bond acceptors (Lipinski definition) is 5. The van der Waals surface area contributed by atoms with Gasteiger partial charge in [0.25, 0.3) is 10.0 Å². The molecule has 0 aliphatic rings. The van der Waals surface area contributed by atoms with Gasteiger partial charge in [0, 0.05) is 23.9 Å². The van der Waals surface area contributed by atoms with Crippen molar-refractivity contribution >= 4 is 38.5 Å². The summed E-state index contributed by atoms with van der Waals surface area (Å²) >= 11 is 1.24. The Bertz CT molecular complexity index is 1530. The Kier molecular flexibility index (Phi) is 5.54. The van der Waals surface area contributed by atoms with E-state index in [1.807, 2.05) is 6.07 Å². The van der Waals surface area contributed by atoms with Crippen molar-refractivity contribution in [2.45, 2.75) is 14.7 Å². The van der Waals surface area contributed by atoms with E-state index >= 15 is 0 Å². The van der Waals surface area contributed by atoms with Crippen molar-refractivity contribution in [3.05, 3.63) is 82.5 Å². The topological polar surface area (TPSA) is 96.9 Å². The maximum Gasteiger partial charge on any atom is 0.328 e. The third kappa shape index (κ3) is 4.00. The van der Waals surface area contributed by atoms with Crippen LogP contribution in [0.5, 0.6) is 0 Å². The number of fused-ring (bicyclic) bond motifs is 1. The lowest BCUT2D eigenvalue weighted by Crippen LogP contribution is -2.19. The smallest absolute Gasteiger partial charge is 0.295 e. The van der Waals surface area contributed by atoms with E-state index in [1.165, 1.54) is 57.3 Å². The van der Waals surface area contributed by atoms with Crippen LogP contribution in [0.25, 0.3) is 11.0 Å². The number of imidazole rings is 1. The molecule has 0 bridgehead atoms. The fourth-order valence-corrected chi connectivity index (χ4v) is 5.28. The molecule has 32 heavy (non-hydrogen) atoms. The molecule has 4 rings (SSSR count). The fourth-order valence-electron chi connectivity index (χ4n) is 3.23. The van der Waals surface area contributed by atoms with Crippen molar-refractivity contribution in [3.63, 3.8) is 0 Å². The molecule has 3 aromatic carbocycles. The summed E-state index contributed by atoms with van der Waals surface area (Å²) in [5, 5.41) is 8.94. The van der Waals surface area contributed by atoms with E-state index in [1.54, 1.807) is 38.4 Å². The molecule has 7 nitrogen and oxygen atoms in total. The van der Waals surface area contributed by atoms with Crippen molar-refractivity contribution in [2.24, 2.45) is 14.1 Å². The minimum absolute atomic E-state index is 0.00344. The highest BCUT2D eigenvalue weighted by atomic mass is 32.2. The van der Waals surface area contributed by atoms with Gasteiger partial charge in [0.05, 0.1) is 33.2 Å². The maximum absolute atomic E-state index is 13.3. The highest BCUT2D eigenvalue weighted by molar-refractivity contribution is 7.99. The van der Waals surface area contributed by atoms with Gasteiger partial charge in [-0.15, -0.1) is 0 Å². The van der Waals surface area contributed by atoms with Gasteiger partial charge in [-0.05, 0) is 60.7 Å². The number of halogens is 1. The number of anilines is 1. The highest BCUT2D eigenvalue weighted by Crippen LogP contribution is 2.37. The van der Waals surface area contributed by atoms with Crippen molar-refractivity contribution in [1.29, 1.82) is 5.26 Å². The van der Waals surface area contributed by atoms with Gasteiger partial charge in [-0.1, -0.05) is 11.8 Å². The van der Waals surface area contributed by atoms with Crippen LogP contribution in [0.4, 0.5) is 10.1 Å². The van der Waals surface area contributed by atoms with Gasteiger partial charge in [-0.3, -0.25) is 13.9 Å². The highest BCUT2D eigenvalue weighted by Gasteiger charge is 2.19. The first-order chi connectivity index (χ1) is 15.2.